The normalized spacial score (nSPS) is 15.6. The van der Waals surface area contributed by atoms with Gasteiger partial charge in [0.15, 0.2) is 0 Å². The van der Waals surface area contributed by atoms with Crippen molar-refractivity contribution in [2.75, 3.05) is 40.3 Å². The molecule has 1 fully saturated rings. The molecular weight excluding hydrogens is 302 g/mol. The second-order valence-electron chi connectivity index (χ2n) is 6.97. The van der Waals surface area contributed by atoms with Gasteiger partial charge in [0.2, 0.25) is 0 Å². The van der Waals surface area contributed by atoms with Gasteiger partial charge in [-0.1, -0.05) is 13.0 Å². The third-order valence-corrected chi connectivity index (χ3v) is 4.51. The van der Waals surface area contributed by atoms with Crippen LogP contribution in [-0.4, -0.2) is 61.9 Å². The highest BCUT2D eigenvalue weighted by Crippen LogP contribution is 2.18. The van der Waals surface area contributed by atoms with E-state index in [0.29, 0.717) is 23.6 Å². The van der Waals surface area contributed by atoms with Crippen LogP contribution in [0.25, 0.3) is 0 Å². The lowest BCUT2D eigenvalue weighted by molar-refractivity contribution is 0.0697. The van der Waals surface area contributed by atoms with Crippen LogP contribution in [0.5, 0.6) is 0 Å². The first kappa shape index (κ1) is 18.5. The Kier molecular flexibility index (Phi) is 6.79. The Morgan fingerprint density at radius 3 is 2.54 bits per heavy atom. The van der Waals surface area contributed by atoms with Crippen molar-refractivity contribution in [1.29, 1.82) is 0 Å². The smallest absolute Gasteiger partial charge is 0.253 e. The lowest BCUT2D eigenvalue weighted by atomic mass is 9.98. The molecule has 1 saturated heterocycles. The third-order valence-electron chi connectivity index (χ3n) is 4.51. The maximum Gasteiger partial charge on any atom is 0.253 e. The summed E-state index contributed by atoms with van der Waals surface area (Å²) < 4.78 is 0. The minimum absolute atomic E-state index is 0.0316. The molecule has 0 aliphatic carbocycles. The van der Waals surface area contributed by atoms with Crippen molar-refractivity contribution in [3.8, 4) is 0 Å². The van der Waals surface area contributed by atoms with Crippen LogP contribution in [0.2, 0.25) is 0 Å². The van der Waals surface area contributed by atoms with E-state index < -0.39 is 0 Å². The molecule has 1 aliphatic heterocycles. The van der Waals surface area contributed by atoms with Crippen LogP contribution < -0.4 is 5.32 Å². The highest BCUT2D eigenvalue weighted by atomic mass is 16.2. The summed E-state index contributed by atoms with van der Waals surface area (Å²) >= 11 is 0. The summed E-state index contributed by atoms with van der Waals surface area (Å²) in [6, 6.07) is 7.05. The quantitative estimate of drug-likeness (QED) is 0.814. The van der Waals surface area contributed by atoms with Crippen molar-refractivity contribution in [3.63, 3.8) is 0 Å². The Morgan fingerprint density at radius 2 is 1.88 bits per heavy atom. The van der Waals surface area contributed by atoms with Gasteiger partial charge in [-0.15, -0.1) is 0 Å². The van der Waals surface area contributed by atoms with E-state index in [1.54, 1.807) is 24.3 Å². The second-order valence-corrected chi connectivity index (χ2v) is 6.97. The monoisotopic (exact) mass is 331 g/mol. The number of piperidine rings is 1. The van der Waals surface area contributed by atoms with Gasteiger partial charge in [0.05, 0.1) is 0 Å². The molecule has 1 aliphatic rings. The van der Waals surface area contributed by atoms with Crippen LogP contribution >= 0.6 is 0 Å². The van der Waals surface area contributed by atoms with Crippen LogP contribution in [0.15, 0.2) is 24.3 Å². The summed E-state index contributed by atoms with van der Waals surface area (Å²) in [5.74, 6) is 0.605. The summed E-state index contributed by atoms with van der Waals surface area (Å²) in [5, 5.41) is 2.92. The molecule has 0 spiro atoms. The Labute approximate surface area is 145 Å². The zero-order valence-corrected chi connectivity index (χ0v) is 15.0. The van der Waals surface area contributed by atoms with Crippen molar-refractivity contribution in [2.45, 2.75) is 26.2 Å². The van der Waals surface area contributed by atoms with Crippen molar-refractivity contribution in [1.82, 2.24) is 15.1 Å². The lowest BCUT2D eigenvalue weighted by Gasteiger charge is -2.30. The molecule has 0 atom stereocenters. The predicted octanol–water partition coefficient (Wildman–Crippen LogP) is 2.24. The van der Waals surface area contributed by atoms with Gasteiger partial charge >= 0.3 is 0 Å². The summed E-state index contributed by atoms with van der Waals surface area (Å²) in [4.78, 5) is 28.8. The molecule has 5 heteroatoms. The molecule has 24 heavy (non-hydrogen) atoms. The van der Waals surface area contributed by atoms with Crippen LogP contribution in [0.4, 0.5) is 0 Å². The van der Waals surface area contributed by atoms with E-state index in [9.17, 15) is 9.59 Å². The largest absolute Gasteiger partial charge is 0.352 e. The van der Waals surface area contributed by atoms with Crippen molar-refractivity contribution in [3.05, 3.63) is 35.4 Å². The minimum Gasteiger partial charge on any atom is -0.352 e. The number of nitrogens with zero attached hydrogens (tertiary/aromatic N) is 2. The van der Waals surface area contributed by atoms with Crippen LogP contribution in [0.3, 0.4) is 0 Å². The highest BCUT2D eigenvalue weighted by molar-refractivity contribution is 5.99. The van der Waals surface area contributed by atoms with Crippen molar-refractivity contribution in [2.24, 2.45) is 5.92 Å². The topological polar surface area (TPSA) is 52.7 Å². The van der Waals surface area contributed by atoms with E-state index >= 15 is 0 Å². The van der Waals surface area contributed by atoms with Crippen molar-refractivity contribution >= 4 is 11.8 Å². The number of rotatable bonds is 6. The molecule has 1 aromatic rings. The van der Waals surface area contributed by atoms with Gasteiger partial charge in [-0.25, -0.2) is 0 Å². The van der Waals surface area contributed by atoms with Gasteiger partial charge in [0.25, 0.3) is 11.8 Å². The van der Waals surface area contributed by atoms with Gasteiger partial charge in [-0.3, -0.25) is 9.59 Å². The lowest BCUT2D eigenvalue weighted by Crippen LogP contribution is -2.38. The molecule has 1 heterocycles. The Balaban J connectivity index is 1.93. The second kappa shape index (κ2) is 8.83. The highest BCUT2D eigenvalue weighted by Gasteiger charge is 2.21. The number of carbonyl (C=O) groups is 2. The molecule has 0 unspecified atom stereocenters. The molecule has 0 aromatic heterocycles. The van der Waals surface area contributed by atoms with E-state index in [4.69, 9.17) is 0 Å². The number of benzene rings is 1. The number of likely N-dealkylation sites (tertiary alicyclic amines) is 1. The van der Waals surface area contributed by atoms with Gasteiger partial charge < -0.3 is 15.1 Å². The fourth-order valence-corrected chi connectivity index (χ4v) is 2.89. The maximum absolute atomic E-state index is 12.6. The van der Waals surface area contributed by atoms with E-state index in [-0.39, 0.29) is 11.8 Å². The fraction of sp³-hybridized carbons (Fsp3) is 0.579. The minimum atomic E-state index is -0.115. The van der Waals surface area contributed by atoms with E-state index in [1.165, 1.54) is 0 Å². The number of nitrogens with one attached hydrogen (secondary N) is 1. The Morgan fingerprint density at radius 1 is 1.21 bits per heavy atom. The van der Waals surface area contributed by atoms with Crippen LogP contribution in [-0.2, 0) is 0 Å². The molecule has 2 rings (SSSR count). The van der Waals surface area contributed by atoms with Gasteiger partial charge in [-0.2, -0.15) is 0 Å². The van der Waals surface area contributed by atoms with E-state index in [1.807, 2.05) is 19.0 Å². The molecule has 0 bridgehead atoms. The van der Waals surface area contributed by atoms with E-state index in [0.717, 1.165) is 38.9 Å². The fourth-order valence-electron chi connectivity index (χ4n) is 2.89. The summed E-state index contributed by atoms with van der Waals surface area (Å²) in [6.45, 7) is 5.41. The van der Waals surface area contributed by atoms with E-state index in [2.05, 4.69) is 17.1 Å². The predicted molar refractivity (Wildman–Crippen MR) is 96.2 cm³/mol. The number of hydrogen-bond acceptors (Lipinski definition) is 3. The van der Waals surface area contributed by atoms with Crippen molar-refractivity contribution < 1.29 is 9.59 Å². The average molecular weight is 331 g/mol. The first-order valence-electron chi connectivity index (χ1n) is 8.79. The molecule has 5 nitrogen and oxygen atoms in total. The summed E-state index contributed by atoms with van der Waals surface area (Å²) in [6.07, 6.45) is 3.01. The van der Waals surface area contributed by atoms with Crippen LogP contribution in [0, 0.1) is 5.92 Å². The molecule has 0 saturated carbocycles. The molecule has 2 amide bonds. The zero-order chi connectivity index (χ0) is 17.5. The first-order valence-corrected chi connectivity index (χ1v) is 8.79. The number of carbonyl (C=O) groups excluding carboxylic acids is 2. The van der Waals surface area contributed by atoms with Gasteiger partial charge in [0.1, 0.15) is 0 Å². The average Bonchev–Trinajstić information content (AvgIpc) is 2.58. The number of hydrogen-bond donors (Lipinski definition) is 1. The molecule has 1 N–H and O–H groups in total. The maximum atomic E-state index is 12.6. The Bertz CT molecular complexity index is 563. The summed E-state index contributed by atoms with van der Waals surface area (Å²) in [5.41, 5.74) is 1.15. The molecule has 1 aromatic carbocycles. The summed E-state index contributed by atoms with van der Waals surface area (Å²) in [7, 11) is 4.02. The van der Waals surface area contributed by atoms with Gasteiger partial charge in [0, 0.05) is 30.8 Å². The molecule has 0 radical (unpaired) electrons. The first-order chi connectivity index (χ1) is 11.5. The Hall–Kier alpha value is -1.88. The SMILES string of the molecule is CC1CCN(C(=O)c2cccc(C(=O)NCCCN(C)C)c2)CC1. The van der Waals surface area contributed by atoms with Gasteiger partial charge in [-0.05, 0) is 64.0 Å². The number of amides is 2. The third kappa shape index (κ3) is 5.34. The standard InChI is InChI=1S/C19H29N3O2/c1-15-8-12-22(13-9-15)19(24)17-7-4-6-16(14-17)18(23)20-10-5-11-21(2)3/h4,6-7,14-15H,5,8-13H2,1-3H3,(H,20,23). The van der Waals surface area contributed by atoms with Crippen LogP contribution in [0.1, 0.15) is 46.9 Å². The molecular formula is C19H29N3O2. The zero-order valence-electron chi connectivity index (χ0n) is 15.0. The molecule has 132 valence electrons.